The summed E-state index contributed by atoms with van der Waals surface area (Å²) < 4.78 is 2.62. The van der Waals surface area contributed by atoms with E-state index in [1.54, 1.807) is 6.07 Å². The average molecular weight is 300 g/mol. The zero-order chi connectivity index (χ0) is 14.1. The first-order chi connectivity index (χ1) is 9.67. The van der Waals surface area contributed by atoms with Crippen LogP contribution < -0.4 is 0 Å². The molecule has 0 amide bonds. The number of benzene rings is 2. The van der Waals surface area contributed by atoms with E-state index in [-0.39, 0.29) is 0 Å². The summed E-state index contributed by atoms with van der Waals surface area (Å²) in [5.41, 5.74) is 3.59. The Balaban J connectivity index is 2.10. The van der Waals surface area contributed by atoms with Gasteiger partial charge in [0.2, 0.25) is 0 Å². The Hall–Kier alpha value is -2.09. The monoisotopic (exact) mass is 299 g/mol. The molecular weight excluding hydrogens is 290 g/mol. The molecule has 0 bridgehead atoms. The quantitative estimate of drug-likeness (QED) is 0.718. The Kier molecular flexibility index (Phi) is 3.31. The van der Waals surface area contributed by atoms with E-state index in [9.17, 15) is 0 Å². The van der Waals surface area contributed by atoms with Crippen molar-refractivity contribution < 1.29 is 0 Å². The van der Waals surface area contributed by atoms with Crippen molar-refractivity contribution in [3.05, 3.63) is 63.4 Å². The molecule has 0 saturated heterocycles. The van der Waals surface area contributed by atoms with E-state index in [0.29, 0.717) is 21.9 Å². The number of aromatic amines is 1. The number of hydrogen-bond donors (Lipinski definition) is 1. The van der Waals surface area contributed by atoms with Crippen LogP contribution in [0.1, 0.15) is 11.1 Å². The van der Waals surface area contributed by atoms with Crippen LogP contribution in [0.25, 0.3) is 11.0 Å². The Morgan fingerprint density at radius 3 is 2.90 bits per heavy atom. The van der Waals surface area contributed by atoms with Crippen LogP contribution in [0.15, 0.2) is 42.5 Å². The molecule has 0 aliphatic rings. The topological polar surface area (TPSA) is 44.5 Å². The fourth-order valence-corrected chi connectivity index (χ4v) is 2.64. The summed E-state index contributed by atoms with van der Waals surface area (Å²) in [6.45, 7) is 0.606. The predicted octanol–water partition coefficient (Wildman–Crippen LogP) is 4.27. The predicted molar refractivity (Wildman–Crippen MR) is 82.4 cm³/mol. The Bertz CT molecular complexity index is 886. The van der Waals surface area contributed by atoms with E-state index >= 15 is 0 Å². The van der Waals surface area contributed by atoms with E-state index in [4.69, 9.17) is 29.1 Å². The van der Waals surface area contributed by atoms with Crippen molar-refractivity contribution in [3.8, 4) is 6.07 Å². The molecule has 0 aliphatic heterocycles. The van der Waals surface area contributed by atoms with Gasteiger partial charge in [0.05, 0.1) is 29.2 Å². The van der Waals surface area contributed by atoms with Gasteiger partial charge in [0.1, 0.15) is 0 Å². The molecule has 98 valence electrons. The van der Waals surface area contributed by atoms with Crippen molar-refractivity contribution in [2.45, 2.75) is 6.54 Å². The molecule has 0 unspecified atom stereocenters. The maximum Gasteiger partial charge on any atom is 0.178 e. The lowest BCUT2D eigenvalue weighted by Gasteiger charge is -2.05. The number of halogens is 1. The molecule has 1 aromatic heterocycles. The van der Waals surface area contributed by atoms with Crippen LogP contribution >= 0.6 is 23.8 Å². The number of fused-ring (bicyclic) bond motifs is 1. The molecule has 0 spiro atoms. The zero-order valence-electron chi connectivity index (χ0n) is 10.4. The van der Waals surface area contributed by atoms with E-state index in [0.717, 1.165) is 16.6 Å². The molecule has 3 aromatic rings. The first kappa shape index (κ1) is 12.9. The summed E-state index contributed by atoms with van der Waals surface area (Å²) in [6.07, 6.45) is 0. The van der Waals surface area contributed by atoms with E-state index < -0.39 is 0 Å². The largest absolute Gasteiger partial charge is 0.331 e. The molecule has 0 aliphatic carbocycles. The SMILES string of the molecule is N#Cc1cccc(Cn2c(=S)[nH]c3ccc(Cl)cc32)c1. The van der Waals surface area contributed by atoms with Gasteiger partial charge >= 0.3 is 0 Å². The summed E-state index contributed by atoms with van der Waals surface area (Å²) in [5, 5.41) is 9.62. The molecule has 0 atom stereocenters. The van der Waals surface area contributed by atoms with Crippen molar-refractivity contribution >= 4 is 34.9 Å². The summed E-state index contributed by atoms with van der Waals surface area (Å²) in [7, 11) is 0. The molecule has 2 aromatic carbocycles. The van der Waals surface area contributed by atoms with Crippen LogP contribution in [0, 0.1) is 16.1 Å². The van der Waals surface area contributed by atoms with Crippen molar-refractivity contribution in [1.82, 2.24) is 9.55 Å². The number of H-pyrrole nitrogens is 1. The standard InChI is InChI=1S/C15H10ClN3S/c16-12-4-5-13-14(7-12)19(15(20)18-13)9-11-3-1-2-10(6-11)8-17/h1-7H,9H2,(H,18,20). The van der Waals surface area contributed by atoms with E-state index in [1.165, 1.54) is 0 Å². The number of aromatic nitrogens is 2. The molecule has 3 rings (SSSR count). The summed E-state index contributed by atoms with van der Waals surface area (Å²) in [4.78, 5) is 3.16. The minimum atomic E-state index is 0.606. The van der Waals surface area contributed by atoms with E-state index in [1.807, 2.05) is 41.0 Å². The molecule has 1 heterocycles. The van der Waals surface area contributed by atoms with Crippen LogP contribution in [0.5, 0.6) is 0 Å². The number of rotatable bonds is 2. The van der Waals surface area contributed by atoms with Gasteiger partial charge in [0.25, 0.3) is 0 Å². The Morgan fingerprint density at radius 2 is 2.10 bits per heavy atom. The van der Waals surface area contributed by atoms with Gasteiger partial charge in [-0.2, -0.15) is 5.26 Å². The van der Waals surface area contributed by atoms with Gasteiger partial charge in [-0.15, -0.1) is 0 Å². The maximum atomic E-state index is 8.95. The van der Waals surface area contributed by atoms with Gasteiger partial charge in [-0.3, -0.25) is 0 Å². The van der Waals surface area contributed by atoms with Gasteiger partial charge in [0.15, 0.2) is 4.77 Å². The summed E-state index contributed by atoms with van der Waals surface area (Å²) >= 11 is 11.4. The average Bonchev–Trinajstić information content (AvgIpc) is 2.75. The summed E-state index contributed by atoms with van der Waals surface area (Å²) in [6, 6.07) is 15.3. The van der Waals surface area contributed by atoms with Crippen LogP contribution in [-0.4, -0.2) is 9.55 Å². The lowest BCUT2D eigenvalue weighted by Crippen LogP contribution is -1.99. The van der Waals surface area contributed by atoms with Crippen molar-refractivity contribution in [2.75, 3.05) is 0 Å². The number of hydrogen-bond acceptors (Lipinski definition) is 2. The zero-order valence-corrected chi connectivity index (χ0v) is 12.0. The first-order valence-electron chi connectivity index (χ1n) is 6.04. The van der Waals surface area contributed by atoms with Crippen molar-refractivity contribution in [1.29, 1.82) is 5.26 Å². The van der Waals surface area contributed by atoms with Gasteiger partial charge in [-0.1, -0.05) is 23.7 Å². The lowest BCUT2D eigenvalue weighted by atomic mass is 10.1. The third-order valence-corrected chi connectivity index (χ3v) is 3.69. The summed E-state index contributed by atoms with van der Waals surface area (Å²) in [5.74, 6) is 0. The number of nitrogens with zero attached hydrogens (tertiary/aromatic N) is 2. The second kappa shape index (κ2) is 5.12. The number of imidazole rings is 1. The highest BCUT2D eigenvalue weighted by Gasteiger charge is 2.06. The smallest absolute Gasteiger partial charge is 0.178 e. The molecule has 5 heteroatoms. The third-order valence-electron chi connectivity index (χ3n) is 3.13. The van der Waals surface area contributed by atoms with Gasteiger partial charge < -0.3 is 9.55 Å². The number of nitrogens with one attached hydrogen (secondary N) is 1. The highest BCUT2D eigenvalue weighted by atomic mass is 35.5. The molecule has 0 radical (unpaired) electrons. The van der Waals surface area contributed by atoms with E-state index in [2.05, 4.69) is 11.1 Å². The minimum Gasteiger partial charge on any atom is -0.331 e. The Morgan fingerprint density at radius 1 is 1.25 bits per heavy atom. The molecular formula is C15H10ClN3S. The van der Waals surface area contributed by atoms with Crippen molar-refractivity contribution in [2.24, 2.45) is 0 Å². The molecule has 20 heavy (non-hydrogen) atoms. The first-order valence-corrected chi connectivity index (χ1v) is 6.83. The van der Waals surface area contributed by atoms with Crippen LogP contribution in [-0.2, 0) is 6.54 Å². The van der Waals surface area contributed by atoms with Gasteiger partial charge in [0, 0.05) is 5.02 Å². The Labute approximate surface area is 126 Å². The second-order valence-corrected chi connectivity index (χ2v) is 5.31. The molecule has 3 nitrogen and oxygen atoms in total. The van der Waals surface area contributed by atoms with Gasteiger partial charge in [-0.05, 0) is 48.1 Å². The van der Waals surface area contributed by atoms with Crippen LogP contribution in [0.4, 0.5) is 0 Å². The van der Waals surface area contributed by atoms with Crippen LogP contribution in [0.2, 0.25) is 5.02 Å². The normalized spacial score (nSPS) is 10.6. The lowest BCUT2D eigenvalue weighted by molar-refractivity contribution is 0.810. The van der Waals surface area contributed by atoms with Crippen molar-refractivity contribution in [3.63, 3.8) is 0 Å². The fraction of sp³-hybridized carbons (Fsp3) is 0.0667. The molecule has 1 N–H and O–H groups in total. The highest BCUT2D eigenvalue weighted by Crippen LogP contribution is 2.20. The second-order valence-electron chi connectivity index (χ2n) is 4.49. The minimum absolute atomic E-state index is 0.606. The highest BCUT2D eigenvalue weighted by molar-refractivity contribution is 7.71. The maximum absolute atomic E-state index is 8.95. The molecule has 0 fully saturated rings. The van der Waals surface area contributed by atoms with Gasteiger partial charge in [-0.25, -0.2) is 0 Å². The molecule has 0 saturated carbocycles. The van der Waals surface area contributed by atoms with Crippen LogP contribution in [0.3, 0.4) is 0 Å². The number of nitriles is 1. The fourth-order valence-electron chi connectivity index (χ4n) is 2.20. The third kappa shape index (κ3) is 2.34.